The number of likely N-dealkylation sites (N-methyl/N-ethyl adjacent to an activating group) is 1. The number of hydrogen-bond acceptors (Lipinski definition) is 3. The SMILES string of the molecule is CCN1CCN(C(=O)c2ccncc2)C[C@@H](Cc2cccc(-c3ccccc3C)c2)C1=O. The number of rotatable bonds is 5. The molecule has 1 aliphatic rings. The Balaban J connectivity index is 1.59. The molecule has 0 bridgehead atoms. The van der Waals surface area contributed by atoms with E-state index in [1.54, 1.807) is 24.5 Å². The van der Waals surface area contributed by atoms with Crippen LogP contribution in [-0.4, -0.2) is 52.8 Å². The van der Waals surface area contributed by atoms with Crippen LogP contribution in [0.25, 0.3) is 11.1 Å². The summed E-state index contributed by atoms with van der Waals surface area (Å²) in [4.78, 5) is 34.1. The molecule has 0 saturated carbocycles. The molecule has 2 amide bonds. The molecule has 1 fully saturated rings. The summed E-state index contributed by atoms with van der Waals surface area (Å²) in [6.45, 7) is 6.28. The summed E-state index contributed by atoms with van der Waals surface area (Å²) in [5.74, 6) is -0.189. The van der Waals surface area contributed by atoms with Gasteiger partial charge in [-0.1, -0.05) is 48.5 Å². The van der Waals surface area contributed by atoms with Crippen molar-refractivity contribution < 1.29 is 9.59 Å². The van der Waals surface area contributed by atoms with E-state index in [0.717, 1.165) is 11.1 Å². The zero-order valence-corrected chi connectivity index (χ0v) is 18.7. The van der Waals surface area contributed by atoms with Crippen molar-refractivity contribution in [1.82, 2.24) is 14.8 Å². The third kappa shape index (κ3) is 4.72. The largest absolute Gasteiger partial charge is 0.341 e. The topological polar surface area (TPSA) is 53.5 Å². The van der Waals surface area contributed by atoms with Crippen molar-refractivity contribution >= 4 is 11.8 Å². The van der Waals surface area contributed by atoms with Gasteiger partial charge in [-0.05, 0) is 54.7 Å². The summed E-state index contributed by atoms with van der Waals surface area (Å²) in [6.07, 6.45) is 3.86. The van der Waals surface area contributed by atoms with E-state index < -0.39 is 0 Å². The Kier molecular flexibility index (Phi) is 6.64. The normalized spacial score (nSPS) is 16.7. The minimum Gasteiger partial charge on any atom is -0.341 e. The summed E-state index contributed by atoms with van der Waals surface area (Å²) in [5, 5.41) is 0. The zero-order chi connectivity index (χ0) is 22.5. The van der Waals surface area contributed by atoms with Crippen LogP contribution in [0.2, 0.25) is 0 Å². The highest BCUT2D eigenvalue weighted by molar-refractivity contribution is 5.94. The predicted octanol–water partition coefficient (Wildman–Crippen LogP) is 4.22. The van der Waals surface area contributed by atoms with Gasteiger partial charge in [-0.15, -0.1) is 0 Å². The number of nitrogens with zero attached hydrogens (tertiary/aromatic N) is 3. The van der Waals surface area contributed by atoms with Crippen molar-refractivity contribution in [2.45, 2.75) is 20.3 Å². The molecule has 0 aliphatic carbocycles. The van der Waals surface area contributed by atoms with E-state index in [-0.39, 0.29) is 17.7 Å². The number of amides is 2. The van der Waals surface area contributed by atoms with Crippen LogP contribution in [0.3, 0.4) is 0 Å². The number of hydrogen-bond donors (Lipinski definition) is 0. The second-order valence-electron chi connectivity index (χ2n) is 8.32. The van der Waals surface area contributed by atoms with Crippen LogP contribution in [0.4, 0.5) is 0 Å². The Hall–Kier alpha value is -3.47. The maximum atomic E-state index is 13.3. The van der Waals surface area contributed by atoms with E-state index in [1.807, 2.05) is 28.9 Å². The average Bonchev–Trinajstić information content (AvgIpc) is 2.98. The van der Waals surface area contributed by atoms with Gasteiger partial charge in [0, 0.05) is 44.1 Å². The molecule has 0 radical (unpaired) electrons. The molecule has 1 saturated heterocycles. The summed E-state index contributed by atoms with van der Waals surface area (Å²) >= 11 is 0. The lowest BCUT2D eigenvalue weighted by molar-refractivity contribution is -0.134. The van der Waals surface area contributed by atoms with Crippen LogP contribution >= 0.6 is 0 Å². The molecule has 1 atom stereocenters. The maximum absolute atomic E-state index is 13.3. The van der Waals surface area contributed by atoms with Crippen LogP contribution in [0, 0.1) is 12.8 Å². The minimum absolute atomic E-state index is 0.0446. The van der Waals surface area contributed by atoms with E-state index in [1.165, 1.54) is 11.1 Å². The van der Waals surface area contributed by atoms with E-state index in [9.17, 15) is 9.59 Å². The van der Waals surface area contributed by atoms with Crippen LogP contribution in [0.15, 0.2) is 73.1 Å². The Morgan fingerprint density at radius 3 is 2.56 bits per heavy atom. The van der Waals surface area contributed by atoms with E-state index in [2.05, 4.69) is 48.3 Å². The molecule has 0 N–H and O–H groups in total. The fourth-order valence-corrected chi connectivity index (χ4v) is 4.42. The minimum atomic E-state index is -0.268. The molecule has 0 spiro atoms. The Morgan fingerprint density at radius 2 is 1.81 bits per heavy atom. The summed E-state index contributed by atoms with van der Waals surface area (Å²) in [5.41, 5.74) is 5.29. The second kappa shape index (κ2) is 9.77. The summed E-state index contributed by atoms with van der Waals surface area (Å²) in [7, 11) is 0. The molecule has 1 aromatic heterocycles. The molecule has 32 heavy (non-hydrogen) atoms. The number of aromatic nitrogens is 1. The van der Waals surface area contributed by atoms with Gasteiger partial charge in [-0.2, -0.15) is 0 Å². The monoisotopic (exact) mass is 427 g/mol. The molecular weight excluding hydrogens is 398 g/mol. The second-order valence-corrected chi connectivity index (χ2v) is 8.32. The fourth-order valence-electron chi connectivity index (χ4n) is 4.42. The van der Waals surface area contributed by atoms with Gasteiger partial charge >= 0.3 is 0 Å². The maximum Gasteiger partial charge on any atom is 0.254 e. The molecular formula is C27H29N3O2. The molecule has 0 unspecified atom stereocenters. The smallest absolute Gasteiger partial charge is 0.254 e. The van der Waals surface area contributed by atoms with Gasteiger partial charge in [0.25, 0.3) is 5.91 Å². The van der Waals surface area contributed by atoms with Gasteiger partial charge in [0.1, 0.15) is 0 Å². The van der Waals surface area contributed by atoms with Crippen molar-refractivity contribution in [2.75, 3.05) is 26.2 Å². The number of aryl methyl sites for hydroxylation is 1. The first-order valence-electron chi connectivity index (χ1n) is 11.2. The highest BCUT2D eigenvalue weighted by Gasteiger charge is 2.32. The van der Waals surface area contributed by atoms with Crippen molar-refractivity contribution in [3.8, 4) is 11.1 Å². The third-order valence-corrected chi connectivity index (χ3v) is 6.20. The van der Waals surface area contributed by atoms with Gasteiger partial charge in [-0.3, -0.25) is 14.6 Å². The Labute approximate surface area is 189 Å². The highest BCUT2D eigenvalue weighted by atomic mass is 16.2. The number of carbonyl (C=O) groups is 2. The average molecular weight is 428 g/mol. The molecule has 2 heterocycles. The molecule has 3 aromatic rings. The van der Waals surface area contributed by atoms with Crippen molar-refractivity contribution in [3.05, 3.63) is 89.7 Å². The molecule has 1 aliphatic heterocycles. The molecule has 5 nitrogen and oxygen atoms in total. The lowest BCUT2D eigenvalue weighted by Gasteiger charge is -2.24. The predicted molar refractivity (Wildman–Crippen MR) is 126 cm³/mol. The van der Waals surface area contributed by atoms with Gasteiger partial charge in [0.05, 0.1) is 5.92 Å². The van der Waals surface area contributed by atoms with Crippen LogP contribution in [0.1, 0.15) is 28.4 Å². The van der Waals surface area contributed by atoms with E-state index >= 15 is 0 Å². The van der Waals surface area contributed by atoms with Gasteiger partial charge in [0.2, 0.25) is 5.91 Å². The first kappa shape index (κ1) is 21.8. The lowest BCUT2D eigenvalue weighted by atomic mass is 9.93. The Bertz CT molecular complexity index is 1100. The molecule has 5 heteroatoms. The molecule has 4 rings (SSSR count). The molecule has 2 aromatic carbocycles. The van der Waals surface area contributed by atoms with Gasteiger partial charge < -0.3 is 9.80 Å². The molecule has 164 valence electrons. The van der Waals surface area contributed by atoms with Gasteiger partial charge in [0.15, 0.2) is 0 Å². The van der Waals surface area contributed by atoms with Crippen molar-refractivity contribution in [3.63, 3.8) is 0 Å². The summed E-state index contributed by atoms with van der Waals surface area (Å²) < 4.78 is 0. The first-order chi connectivity index (χ1) is 15.6. The number of pyridine rings is 1. The Morgan fingerprint density at radius 1 is 1.03 bits per heavy atom. The van der Waals surface area contributed by atoms with E-state index in [0.29, 0.717) is 38.2 Å². The van der Waals surface area contributed by atoms with Gasteiger partial charge in [-0.25, -0.2) is 0 Å². The van der Waals surface area contributed by atoms with Crippen LogP contribution in [-0.2, 0) is 11.2 Å². The number of benzene rings is 2. The van der Waals surface area contributed by atoms with Crippen molar-refractivity contribution in [2.24, 2.45) is 5.92 Å². The standard InChI is InChI=1S/C27H29N3O2/c1-3-29-15-16-30(26(31)22-11-13-28-14-12-22)19-24(27(29)32)18-21-8-6-9-23(17-21)25-10-5-4-7-20(25)2/h4-14,17,24H,3,15-16,18-19H2,1-2H3/t24-/m1/s1. The van der Waals surface area contributed by atoms with Crippen molar-refractivity contribution in [1.29, 1.82) is 0 Å². The van der Waals surface area contributed by atoms with Crippen LogP contribution in [0.5, 0.6) is 0 Å². The van der Waals surface area contributed by atoms with Crippen LogP contribution < -0.4 is 0 Å². The first-order valence-corrected chi connectivity index (χ1v) is 11.2. The van der Waals surface area contributed by atoms with E-state index in [4.69, 9.17) is 0 Å². The fraction of sp³-hybridized carbons (Fsp3) is 0.296. The quantitative estimate of drug-likeness (QED) is 0.613. The lowest BCUT2D eigenvalue weighted by Crippen LogP contribution is -2.37. The number of carbonyl (C=O) groups excluding carboxylic acids is 2. The summed E-state index contributed by atoms with van der Waals surface area (Å²) in [6, 6.07) is 20.2. The third-order valence-electron chi connectivity index (χ3n) is 6.20. The highest BCUT2D eigenvalue weighted by Crippen LogP contribution is 2.26. The zero-order valence-electron chi connectivity index (χ0n) is 18.7.